The highest BCUT2D eigenvalue weighted by Gasteiger charge is 2.18. The number of rotatable bonds is 8. The van der Waals surface area contributed by atoms with Crippen LogP contribution in [0.4, 0.5) is 5.13 Å². The summed E-state index contributed by atoms with van der Waals surface area (Å²) in [6.07, 6.45) is 3.43. The van der Waals surface area contributed by atoms with E-state index in [0.29, 0.717) is 27.9 Å². The third-order valence-corrected chi connectivity index (χ3v) is 7.01. The van der Waals surface area contributed by atoms with Crippen molar-refractivity contribution in [1.29, 1.82) is 0 Å². The van der Waals surface area contributed by atoms with E-state index in [2.05, 4.69) is 15.3 Å². The standard InChI is InChI=1S/C25H21N5O3S2/c1-33-18-9-7-16(8-10-18)14-30-23(32)22-21(19(13-27-22)17-5-3-2-4-6-17)29-25(30)35-15-20(31)28-24-26-11-12-34-24/h2-13,27H,14-15H2,1H3,(H,26,28,31). The Kier molecular flexibility index (Phi) is 6.64. The number of methoxy groups -OCH3 is 1. The van der Waals surface area contributed by atoms with E-state index in [1.165, 1.54) is 23.1 Å². The SMILES string of the molecule is COc1ccc(Cn2c(SCC(=O)Nc3nccs3)nc3c(-c4ccccc4)c[nH]c3c2=O)cc1. The zero-order valence-corrected chi connectivity index (χ0v) is 20.4. The first-order chi connectivity index (χ1) is 17.1. The van der Waals surface area contributed by atoms with Gasteiger partial charge in [-0.05, 0) is 23.3 Å². The minimum Gasteiger partial charge on any atom is -0.497 e. The van der Waals surface area contributed by atoms with Crippen molar-refractivity contribution in [3.8, 4) is 16.9 Å². The van der Waals surface area contributed by atoms with E-state index in [1.807, 2.05) is 54.6 Å². The number of nitrogens with one attached hydrogen (secondary N) is 2. The summed E-state index contributed by atoms with van der Waals surface area (Å²) in [5.41, 5.74) is 3.51. The van der Waals surface area contributed by atoms with Crippen LogP contribution in [0.2, 0.25) is 0 Å². The first-order valence-electron chi connectivity index (χ1n) is 10.7. The molecule has 0 saturated heterocycles. The van der Waals surface area contributed by atoms with Crippen molar-refractivity contribution in [1.82, 2.24) is 19.5 Å². The average molecular weight is 504 g/mol. The molecule has 2 aromatic carbocycles. The summed E-state index contributed by atoms with van der Waals surface area (Å²) in [6.45, 7) is 0.307. The van der Waals surface area contributed by atoms with E-state index in [9.17, 15) is 9.59 Å². The van der Waals surface area contributed by atoms with Gasteiger partial charge in [0.2, 0.25) is 5.91 Å². The monoisotopic (exact) mass is 503 g/mol. The van der Waals surface area contributed by atoms with Gasteiger partial charge in [-0.1, -0.05) is 54.2 Å². The predicted octanol–water partition coefficient (Wildman–Crippen LogP) is 4.64. The summed E-state index contributed by atoms with van der Waals surface area (Å²) in [7, 11) is 1.61. The van der Waals surface area contributed by atoms with Gasteiger partial charge in [-0.15, -0.1) is 11.3 Å². The molecule has 0 spiro atoms. The fourth-order valence-electron chi connectivity index (χ4n) is 3.64. The van der Waals surface area contributed by atoms with Gasteiger partial charge in [0.15, 0.2) is 10.3 Å². The van der Waals surface area contributed by atoms with Gasteiger partial charge in [-0.3, -0.25) is 14.2 Å². The van der Waals surface area contributed by atoms with E-state index in [0.717, 1.165) is 22.4 Å². The Morgan fingerprint density at radius 2 is 1.97 bits per heavy atom. The highest BCUT2D eigenvalue weighted by molar-refractivity contribution is 7.99. The van der Waals surface area contributed by atoms with Crippen LogP contribution in [0.25, 0.3) is 22.2 Å². The lowest BCUT2D eigenvalue weighted by Crippen LogP contribution is -2.25. The van der Waals surface area contributed by atoms with Crippen molar-refractivity contribution in [2.24, 2.45) is 0 Å². The van der Waals surface area contributed by atoms with Crippen LogP contribution in [0.1, 0.15) is 5.56 Å². The molecule has 0 radical (unpaired) electrons. The molecule has 5 rings (SSSR count). The second-order valence-electron chi connectivity index (χ2n) is 7.60. The number of thioether (sulfide) groups is 1. The number of aromatic amines is 1. The van der Waals surface area contributed by atoms with Crippen LogP contribution in [-0.4, -0.2) is 38.3 Å². The lowest BCUT2D eigenvalue weighted by molar-refractivity contribution is -0.113. The minimum atomic E-state index is -0.215. The molecule has 1 amide bonds. The molecule has 176 valence electrons. The van der Waals surface area contributed by atoms with Crippen molar-refractivity contribution in [3.05, 3.63) is 88.3 Å². The molecular formula is C25H21N5O3S2. The quantitative estimate of drug-likeness (QED) is 0.236. The number of hydrogen-bond acceptors (Lipinski definition) is 7. The Balaban J connectivity index is 1.52. The van der Waals surface area contributed by atoms with Crippen molar-refractivity contribution >= 4 is 45.2 Å². The molecule has 0 unspecified atom stereocenters. The van der Waals surface area contributed by atoms with E-state index in [-0.39, 0.29) is 17.2 Å². The van der Waals surface area contributed by atoms with Crippen LogP contribution >= 0.6 is 23.1 Å². The lowest BCUT2D eigenvalue weighted by atomic mass is 10.1. The molecular weight excluding hydrogens is 482 g/mol. The number of carbonyl (C=O) groups excluding carboxylic acids is 1. The molecule has 0 fully saturated rings. The summed E-state index contributed by atoms with van der Waals surface area (Å²) in [5.74, 6) is 0.609. The van der Waals surface area contributed by atoms with E-state index in [4.69, 9.17) is 9.72 Å². The number of nitrogens with zero attached hydrogens (tertiary/aromatic N) is 3. The van der Waals surface area contributed by atoms with Crippen LogP contribution < -0.4 is 15.6 Å². The Labute approximate surface area is 209 Å². The number of anilines is 1. The molecule has 3 heterocycles. The Hall–Kier alpha value is -3.89. The summed E-state index contributed by atoms with van der Waals surface area (Å²) in [4.78, 5) is 38.1. The number of aromatic nitrogens is 4. The van der Waals surface area contributed by atoms with Gasteiger partial charge in [0.05, 0.1) is 19.4 Å². The molecule has 0 saturated carbocycles. The number of carbonyl (C=O) groups is 1. The molecule has 0 aliphatic rings. The summed E-state index contributed by atoms with van der Waals surface area (Å²) in [5, 5.41) is 5.56. The zero-order chi connectivity index (χ0) is 24.2. The summed E-state index contributed by atoms with van der Waals surface area (Å²) < 4.78 is 6.83. The van der Waals surface area contributed by atoms with Crippen LogP contribution in [-0.2, 0) is 11.3 Å². The summed E-state index contributed by atoms with van der Waals surface area (Å²) >= 11 is 2.57. The van der Waals surface area contributed by atoms with E-state index in [1.54, 1.807) is 29.5 Å². The Morgan fingerprint density at radius 1 is 1.17 bits per heavy atom. The maximum Gasteiger partial charge on any atom is 0.278 e. The van der Waals surface area contributed by atoms with Gasteiger partial charge in [0.1, 0.15) is 16.8 Å². The molecule has 0 atom stereocenters. The first kappa shape index (κ1) is 22.9. The number of fused-ring (bicyclic) bond motifs is 1. The second kappa shape index (κ2) is 10.2. The maximum atomic E-state index is 13.6. The topological polar surface area (TPSA) is 102 Å². The van der Waals surface area contributed by atoms with Crippen LogP contribution in [0.15, 0.2) is 82.3 Å². The molecule has 0 aliphatic heterocycles. The van der Waals surface area contributed by atoms with Crippen molar-refractivity contribution in [3.63, 3.8) is 0 Å². The minimum absolute atomic E-state index is 0.0885. The largest absolute Gasteiger partial charge is 0.497 e. The lowest BCUT2D eigenvalue weighted by Gasteiger charge is -2.13. The molecule has 0 aliphatic carbocycles. The fourth-order valence-corrected chi connectivity index (χ4v) is 4.98. The number of thiazole rings is 1. The van der Waals surface area contributed by atoms with Crippen LogP contribution in [0.3, 0.4) is 0 Å². The van der Waals surface area contributed by atoms with Crippen molar-refractivity contribution in [2.45, 2.75) is 11.7 Å². The maximum absolute atomic E-state index is 13.6. The molecule has 5 aromatic rings. The smallest absolute Gasteiger partial charge is 0.278 e. The molecule has 3 aromatic heterocycles. The molecule has 10 heteroatoms. The predicted molar refractivity (Wildman–Crippen MR) is 139 cm³/mol. The first-order valence-corrected chi connectivity index (χ1v) is 12.6. The molecule has 8 nitrogen and oxygen atoms in total. The average Bonchev–Trinajstić information content (AvgIpc) is 3.56. The highest BCUT2D eigenvalue weighted by atomic mass is 32.2. The fraction of sp³-hybridized carbons (Fsp3) is 0.120. The zero-order valence-electron chi connectivity index (χ0n) is 18.7. The van der Waals surface area contributed by atoms with E-state index >= 15 is 0 Å². The Bertz CT molecular complexity index is 1510. The van der Waals surface area contributed by atoms with Gasteiger partial charge in [0.25, 0.3) is 5.56 Å². The van der Waals surface area contributed by atoms with E-state index < -0.39 is 0 Å². The van der Waals surface area contributed by atoms with Crippen molar-refractivity contribution in [2.75, 3.05) is 18.2 Å². The van der Waals surface area contributed by atoms with Crippen LogP contribution in [0.5, 0.6) is 5.75 Å². The van der Waals surface area contributed by atoms with Gasteiger partial charge in [0, 0.05) is 23.3 Å². The number of amides is 1. The highest BCUT2D eigenvalue weighted by Crippen LogP contribution is 2.28. The summed E-state index contributed by atoms with van der Waals surface area (Å²) in [6, 6.07) is 17.3. The Morgan fingerprint density at radius 3 is 2.69 bits per heavy atom. The number of ether oxygens (including phenoxy) is 1. The molecule has 0 bridgehead atoms. The van der Waals surface area contributed by atoms with Gasteiger partial charge < -0.3 is 15.0 Å². The number of H-pyrrole nitrogens is 1. The third kappa shape index (κ3) is 4.98. The molecule has 2 N–H and O–H groups in total. The van der Waals surface area contributed by atoms with Crippen molar-refractivity contribution < 1.29 is 9.53 Å². The number of hydrogen-bond donors (Lipinski definition) is 2. The second-order valence-corrected chi connectivity index (χ2v) is 9.44. The van der Waals surface area contributed by atoms with Gasteiger partial charge in [-0.25, -0.2) is 9.97 Å². The molecule has 35 heavy (non-hydrogen) atoms. The van der Waals surface area contributed by atoms with Crippen LogP contribution in [0, 0.1) is 0 Å². The third-order valence-electron chi connectivity index (χ3n) is 5.35. The number of benzene rings is 2. The van der Waals surface area contributed by atoms with Gasteiger partial charge in [-0.2, -0.15) is 0 Å². The normalized spacial score (nSPS) is 11.0. The van der Waals surface area contributed by atoms with Gasteiger partial charge >= 0.3 is 0 Å².